The quantitative estimate of drug-likeness (QED) is 0.869. The van der Waals surface area contributed by atoms with E-state index < -0.39 is 0 Å². The monoisotopic (exact) mass is 300 g/mol. The summed E-state index contributed by atoms with van der Waals surface area (Å²) in [6.45, 7) is 4.52. The average molecular weight is 301 g/mol. The predicted molar refractivity (Wildman–Crippen MR) is 84.1 cm³/mol. The van der Waals surface area contributed by atoms with Crippen LogP contribution < -0.4 is 5.32 Å². The molecule has 1 N–H and O–H groups in total. The predicted octanol–water partition coefficient (Wildman–Crippen LogP) is 2.98. The lowest BCUT2D eigenvalue weighted by molar-refractivity contribution is -0.134. The third-order valence-electron chi connectivity index (χ3n) is 5.56. The fraction of sp³-hybridized carbons (Fsp3) is 0.938. The molecular weight excluding hydrogens is 272 g/mol. The first-order valence-electron chi connectivity index (χ1n) is 8.27. The third kappa shape index (κ3) is 3.30. The van der Waals surface area contributed by atoms with Crippen LogP contribution in [0.3, 0.4) is 0 Å². The molecule has 0 aromatic heterocycles. The molecule has 0 aromatic carbocycles. The number of carbonyl (C=O) groups is 1. The van der Waals surface area contributed by atoms with Gasteiger partial charge >= 0.3 is 0 Å². The fourth-order valence-electron chi connectivity index (χ4n) is 4.56. The Morgan fingerprint density at radius 3 is 2.80 bits per heavy atom. The molecule has 0 spiro atoms. The number of rotatable bonds is 3. The zero-order valence-electron chi connectivity index (χ0n) is 12.6. The van der Waals surface area contributed by atoms with Crippen LogP contribution in [0, 0.1) is 11.8 Å². The molecule has 2 saturated heterocycles. The molecule has 3 rings (SSSR count). The third-order valence-corrected chi connectivity index (χ3v) is 5.56. The summed E-state index contributed by atoms with van der Waals surface area (Å²) in [4.78, 5) is 14.8. The van der Waals surface area contributed by atoms with Crippen molar-refractivity contribution in [3.8, 4) is 0 Å². The summed E-state index contributed by atoms with van der Waals surface area (Å²) in [5.41, 5.74) is 0. The molecule has 2 aliphatic heterocycles. The molecule has 4 unspecified atom stereocenters. The molecule has 3 fully saturated rings. The zero-order valence-corrected chi connectivity index (χ0v) is 13.5. The van der Waals surface area contributed by atoms with E-state index in [4.69, 9.17) is 0 Å². The van der Waals surface area contributed by atoms with Crippen LogP contribution in [-0.2, 0) is 4.79 Å². The summed E-state index contributed by atoms with van der Waals surface area (Å²) in [5.74, 6) is 1.98. The van der Waals surface area contributed by atoms with Gasteiger partial charge in [-0.25, -0.2) is 0 Å². The molecule has 3 nitrogen and oxygen atoms in total. The topological polar surface area (TPSA) is 32.3 Å². The Kier molecular flexibility index (Phi) is 5.74. The van der Waals surface area contributed by atoms with Crippen LogP contribution in [-0.4, -0.2) is 36.0 Å². The van der Waals surface area contributed by atoms with Crippen molar-refractivity contribution in [2.45, 2.75) is 70.4 Å². The maximum absolute atomic E-state index is 12.6. The first-order chi connectivity index (χ1) is 9.25. The Morgan fingerprint density at radius 1 is 1.25 bits per heavy atom. The van der Waals surface area contributed by atoms with Crippen molar-refractivity contribution in [2.24, 2.45) is 11.8 Å². The number of hydrogen-bond donors (Lipinski definition) is 1. The second-order valence-corrected chi connectivity index (χ2v) is 6.90. The first kappa shape index (κ1) is 16.1. The zero-order chi connectivity index (χ0) is 13.2. The van der Waals surface area contributed by atoms with Crippen LogP contribution in [0.4, 0.5) is 0 Å². The number of nitrogens with zero attached hydrogens (tertiary/aromatic N) is 1. The number of nitrogens with one attached hydrogen (secondary N) is 1. The van der Waals surface area contributed by atoms with Crippen LogP contribution in [0.5, 0.6) is 0 Å². The van der Waals surface area contributed by atoms with Crippen LogP contribution in [0.1, 0.15) is 58.3 Å². The van der Waals surface area contributed by atoms with E-state index in [0.717, 1.165) is 37.8 Å². The molecule has 1 saturated carbocycles. The van der Waals surface area contributed by atoms with E-state index in [1.165, 1.54) is 38.5 Å². The summed E-state index contributed by atoms with van der Waals surface area (Å²) >= 11 is 0. The van der Waals surface area contributed by atoms with Crippen molar-refractivity contribution in [1.29, 1.82) is 0 Å². The molecule has 20 heavy (non-hydrogen) atoms. The largest absolute Gasteiger partial charge is 0.337 e. The molecule has 4 atom stereocenters. The van der Waals surface area contributed by atoms with Crippen LogP contribution in [0.25, 0.3) is 0 Å². The van der Waals surface area contributed by atoms with E-state index in [2.05, 4.69) is 17.1 Å². The summed E-state index contributed by atoms with van der Waals surface area (Å²) in [6.07, 6.45) is 9.69. The molecule has 0 aromatic rings. The Hall–Kier alpha value is -0.280. The van der Waals surface area contributed by atoms with Crippen molar-refractivity contribution in [3.63, 3.8) is 0 Å². The Bertz CT molecular complexity index is 330. The minimum atomic E-state index is 0. The molecule has 2 heterocycles. The highest BCUT2D eigenvalue weighted by Gasteiger charge is 2.42. The maximum Gasteiger partial charge on any atom is 0.223 e. The lowest BCUT2D eigenvalue weighted by atomic mass is 9.85. The van der Waals surface area contributed by atoms with E-state index in [9.17, 15) is 4.79 Å². The number of carbonyl (C=O) groups excluding carboxylic acids is 1. The Balaban J connectivity index is 0.00000147. The molecule has 1 amide bonds. The van der Waals surface area contributed by atoms with Crippen LogP contribution in [0.2, 0.25) is 0 Å². The van der Waals surface area contributed by atoms with Crippen LogP contribution >= 0.6 is 12.4 Å². The van der Waals surface area contributed by atoms with Gasteiger partial charge in [0, 0.05) is 18.5 Å². The highest BCUT2D eigenvalue weighted by atomic mass is 35.5. The molecule has 1 aliphatic carbocycles. The highest BCUT2D eigenvalue weighted by molar-refractivity contribution is 5.85. The van der Waals surface area contributed by atoms with Crippen molar-refractivity contribution in [2.75, 3.05) is 13.1 Å². The van der Waals surface area contributed by atoms with E-state index in [-0.39, 0.29) is 12.4 Å². The smallest absolute Gasteiger partial charge is 0.223 e. The molecule has 0 radical (unpaired) electrons. The summed E-state index contributed by atoms with van der Waals surface area (Å²) in [7, 11) is 0. The van der Waals surface area contributed by atoms with Gasteiger partial charge in [0.2, 0.25) is 5.91 Å². The minimum absolute atomic E-state index is 0. The van der Waals surface area contributed by atoms with Gasteiger partial charge in [0.1, 0.15) is 0 Å². The lowest BCUT2D eigenvalue weighted by Gasteiger charge is -2.33. The van der Waals surface area contributed by atoms with Gasteiger partial charge in [0.25, 0.3) is 0 Å². The SMILES string of the molecule is CC1CC2CCCCC2N1C(=O)CCC1CCNC1.Cl. The van der Waals surface area contributed by atoms with E-state index in [0.29, 0.717) is 18.0 Å². The van der Waals surface area contributed by atoms with Gasteiger partial charge in [-0.15, -0.1) is 12.4 Å². The summed E-state index contributed by atoms with van der Waals surface area (Å²) in [5, 5.41) is 3.39. The number of likely N-dealkylation sites (tertiary alicyclic amines) is 1. The normalized spacial score (nSPS) is 36.5. The van der Waals surface area contributed by atoms with Gasteiger partial charge in [0.05, 0.1) is 0 Å². The van der Waals surface area contributed by atoms with Gasteiger partial charge in [0.15, 0.2) is 0 Å². The van der Waals surface area contributed by atoms with Crippen molar-refractivity contribution >= 4 is 18.3 Å². The molecular formula is C16H29ClN2O. The van der Waals surface area contributed by atoms with Crippen molar-refractivity contribution in [1.82, 2.24) is 10.2 Å². The van der Waals surface area contributed by atoms with Crippen LogP contribution in [0.15, 0.2) is 0 Å². The minimum Gasteiger partial charge on any atom is -0.337 e. The van der Waals surface area contributed by atoms with Crippen molar-refractivity contribution < 1.29 is 4.79 Å². The highest BCUT2D eigenvalue weighted by Crippen LogP contribution is 2.40. The number of halogens is 1. The Morgan fingerprint density at radius 2 is 2.05 bits per heavy atom. The van der Waals surface area contributed by atoms with Gasteiger partial charge in [-0.1, -0.05) is 12.8 Å². The standard InChI is InChI=1S/C16H28N2O.ClH/c1-12-10-14-4-2-3-5-15(14)18(12)16(19)7-6-13-8-9-17-11-13;/h12-15,17H,2-11H2,1H3;1H. The van der Waals surface area contributed by atoms with Gasteiger partial charge < -0.3 is 10.2 Å². The van der Waals surface area contributed by atoms with Gasteiger partial charge in [-0.05, 0) is 64.0 Å². The second kappa shape index (κ2) is 7.13. The first-order valence-corrected chi connectivity index (χ1v) is 8.27. The molecule has 3 aliphatic rings. The lowest BCUT2D eigenvalue weighted by Crippen LogP contribution is -2.42. The summed E-state index contributed by atoms with van der Waals surface area (Å²) < 4.78 is 0. The number of fused-ring (bicyclic) bond motifs is 1. The van der Waals surface area contributed by atoms with Crippen molar-refractivity contribution in [3.05, 3.63) is 0 Å². The van der Waals surface area contributed by atoms with E-state index in [1.807, 2.05) is 0 Å². The fourth-order valence-corrected chi connectivity index (χ4v) is 4.56. The van der Waals surface area contributed by atoms with Gasteiger partial charge in [-0.3, -0.25) is 4.79 Å². The molecule has 0 bridgehead atoms. The Labute approximate surface area is 129 Å². The summed E-state index contributed by atoms with van der Waals surface area (Å²) in [6, 6.07) is 1.07. The van der Waals surface area contributed by atoms with E-state index >= 15 is 0 Å². The second-order valence-electron chi connectivity index (χ2n) is 6.90. The molecule has 116 valence electrons. The van der Waals surface area contributed by atoms with Gasteiger partial charge in [-0.2, -0.15) is 0 Å². The average Bonchev–Trinajstić information content (AvgIpc) is 3.02. The number of hydrogen-bond acceptors (Lipinski definition) is 2. The van der Waals surface area contributed by atoms with E-state index in [1.54, 1.807) is 0 Å². The number of amides is 1. The maximum atomic E-state index is 12.6. The molecule has 4 heteroatoms.